The number of ketones is 5. The second-order valence-corrected chi connectivity index (χ2v) is 22.3. The predicted octanol–water partition coefficient (Wildman–Crippen LogP) is 16.6. The van der Waals surface area contributed by atoms with E-state index in [0.717, 1.165) is 39.5 Å². The minimum Gasteiger partial charge on any atom is -0.497 e. The fraction of sp³-hybridized carbons (Fsp3) is 0.217. The molecule has 0 spiro atoms. The molecule has 10 rings (SSSR count). The first-order valence-corrected chi connectivity index (χ1v) is 31.4. The van der Waals surface area contributed by atoms with Crippen molar-refractivity contribution in [1.29, 1.82) is 0 Å². The number of benzene rings is 10. The molecule has 0 fully saturated rings. The Morgan fingerprint density at radius 2 is 0.562 bits per heavy atom. The van der Waals surface area contributed by atoms with Crippen molar-refractivity contribution >= 4 is 28.9 Å². The van der Waals surface area contributed by atoms with Crippen molar-refractivity contribution in [2.75, 3.05) is 7.11 Å². The molecule has 12 nitrogen and oxygen atoms in total. The SMILES string of the molecule is C.CC(Oc1ccccc1)C(=O)Cc1ccccc1.CC(Oc1ccccc1)C(=O)Cc1ccccc1F.COc1ccc(CC(=O)C(C)Oc2ccccc2)cc1.Cc1ccc(CC(=O)C(C)Oc2ccccc2)cc1.Cc1ccc(CC(=O)C(N)Oc2ccccc2)cc1. The van der Waals surface area contributed by atoms with Gasteiger partial charge < -0.3 is 28.4 Å². The summed E-state index contributed by atoms with van der Waals surface area (Å²) >= 11 is 0. The van der Waals surface area contributed by atoms with Gasteiger partial charge in [0, 0.05) is 32.1 Å². The molecule has 0 aromatic heterocycles. The average Bonchev–Trinajstić information content (AvgIpc) is 2.12. The van der Waals surface area contributed by atoms with Gasteiger partial charge in [0.1, 0.15) is 40.3 Å². The maximum absolute atomic E-state index is 13.4. The van der Waals surface area contributed by atoms with Gasteiger partial charge in [0.25, 0.3) is 0 Å². The summed E-state index contributed by atoms with van der Waals surface area (Å²) < 4.78 is 46.3. The number of nitrogens with two attached hydrogens (primary N) is 1. The molecular formula is C83H88FNO11. The molecule has 498 valence electrons. The van der Waals surface area contributed by atoms with Crippen LogP contribution in [-0.4, -0.2) is 66.7 Å². The molecule has 0 aliphatic carbocycles. The number of hydrogen-bond donors (Lipinski definition) is 1. The third-order valence-electron chi connectivity index (χ3n) is 14.4. The maximum Gasteiger partial charge on any atom is 0.207 e. The van der Waals surface area contributed by atoms with Crippen molar-refractivity contribution < 1.29 is 56.8 Å². The molecule has 0 amide bonds. The summed E-state index contributed by atoms with van der Waals surface area (Å²) in [6.45, 7) is 11.1. The number of ether oxygens (including phenoxy) is 6. The monoisotopic (exact) mass is 1290 g/mol. The lowest BCUT2D eigenvalue weighted by molar-refractivity contribution is -0.125. The minimum absolute atomic E-state index is 0. The third-order valence-corrected chi connectivity index (χ3v) is 14.4. The van der Waals surface area contributed by atoms with Gasteiger partial charge in [0.15, 0.2) is 53.3 Å². The van der Waals surface area contributed by atoms with Crippen molar-refractivity contribution in [3.05, 3.63) is 324 Å². The molecule has 13 heteroatoms. The first-order valence-electron chi connectivity index (χ1n) is 31.4. The summed E-state index contributed by atoms with van der Waals surface area (Å²) in [5.41, 5.74) is 12.5. The minimum atomic E-state index is -0.927. The Morgan fingerprint density at radius 1 is 0.312 bits per heavy atom. The summed E-state index contributed by atoms with van der Waals surface area (Å²) in [6, 6.07) is 85.8. The van der Waals surface area contributed by atoms with E-state index in [1.54, 1.807) is 77.3 Å². The topological polar surface area (TPSA) is 167 Å². The van der Waals surface area contributed by atoms with Gasteiger partial charge in [-0.3, -0.25) is 29.7 Å². The van der Waals surface area contributed by atoms with Crippen LogP contribution in [0.5, 0.6) is 34.5 Å². The number of para-hydroxylation sites is 5. The van der Waals surface area contributed by atoms with Crippen LogP contribution >= 0.6 is 0 Å². The van der Waals surface area contributed by atoms with Crippen LogP contribution in [0.15, 0.2) is 279 Å². The van der Waals surface area contributed by atoms with Gasteiger partial charge in [0.05, 0.1) is 7.11 Å². The Hall–Kier alpha value is -10.8. The lowest BCUT2D eigenvalue weighted by atomic mass is 10.0. The molecule has 2 N–H and O–H groups in total. The number of methoxy groups -OCH3 is 1. The molecule has 0 radical (unpaired) electrons. The Kier molecular flexibility index (Phi) is 33.0. The molecule has 0 saturated carbocycles. The second-order valence-electron chi connectivity index (χ2n) is 22.3. The van der Waals surface area contributed by atoms with Gasteiger partial charge in [-0.05, 0) is 148 Å². The zero-order chi connectivity index (χ0) is 68.2. The van der Waals surface area contributed by atoms with Crippen molar-refractivity contribution in [3.8, 4) is 34.5 Å². The lowest BCUT2D eigenvalue weighted by Gasteiger charge is -2.13. The maximum atomic E-state index is 13.4. The summed E-state index contributed by atoms with van der Waals surface area (Å²) in [5, 5.41) is 0. The Bertz CT molecular complexity index is 3740. The van der Waals surface area contributed by atoms with Crippen LogP contribution in [-0.2, 0) is 56.1 Å². The first-order chi connectivity index (χ1) is 45.9. The molecule has 0 heterocycles. The highest BCUT2D eigenvalue weighted by Gasteiger charge is 2.20. The summed E-state index contributed by atoms with van der Waals surface area (Å²) in [5.74, 6) is 3.79. The fourth-order valence-corrected chi connectivity index (χ4v) is 8.85. The normalized spacial score (nSPS) is 11.7. The molecule has 0 aliphatic rings. The molecule has 96 heavy (non-hydrogen) atoms. The van der Waals surface area contributed by atoms with Crippen LogP contribution in [0.1, 0.15) is 74.1 Å². The molecule has 5 atom stereocenters. The summed E-state index contributed by atoms with van der Waals surface area (Å²) in [7, 11) is 1.62. The zero-order valence-electron chi connectivity index (χ0n) is 54.9. The van der Waals surface area contributed by atoms with E-state index in [1.165, 1.54) is 17.2 Å². The van der Waals surface area contributed by atoms with E-state index in [0.29, 0.717) is 42.1 Å². The lowest BCUT2D eigenvalue weighted by Crippen LogP contribution is -2.37. The van der Waals surface area contributed by atoms with Crippen LogP contribution in [0.4, 0.5) is 4.39 Å². The molecule has 0 bridgehead atoms. The smallest absolute Gasteiger partial charge is 0.207 e. The Balaban J connectivity index is 0.000000217. The van der Waals surface area contributed by atoms with Gasteiger partial charge in [-0.15, -0.1) is 0 Å². The predicted molar refractivity (Wildman–Crippen MR) is 380 cm³/mol. The Labute approximate surface area is 565 Å². The number of aryl methyl sites for hydroxylation is 2. The van der Waals surface area contributed by atoms with Crippen molar-refractivity contribution in [1.82, 2.24) is 0 Å². The highest BCUT2D eigenvalue weighted by atomic mass is 19.1. The molecule has 0 saturated heterocycles. The quantitative estimate of drug-likeness (QED) is 0.0511. The van der Waals surface area contributed by atoms with Crippen LogP contribution in [0.25, 0.3) is 0 Å². The summed E-state index contributed by atoms with van der Waals surface area (Å²) in [6.07, 6.45) is -1.32. The van der Waals surface area contributed by atoms with Gasteiger partial charge >= 0.3 is 0 Å². The molecule has 10 aromatic rings. The highest BCUT2D eigenvalue weighted by Crippen LogP contribution is 2.19. The molecule has 10 aromatic carbocycles. The highest BCUT2D eigenvalue weighted by molar-refractivity contribution is 5.87. The average molecular weight is 1290 g/mol. The number of hydrogen-bond acceptors (Lipinski definition) is 12. The van der Waals surface area contributed by atoms with Crippen LogP contribution in [0.2, 0.25) is 0 Å². The van der Waals surface area contributed by atoms with Crippen LogP contribution < -0.4 is 34.2 Å². The fourth-order valence-electron chi connectivity index (χ4n) is 8.85. The number of halogens is 1. The van der Waals surface area contributed by atoms with E-state index in [4.69, 9.17) is 34.2 Å². The van der Waals surface area contributed by atoms with E-state index in [-0.39, 0.29) is 55.0 Å². The standard InChI is InChI=1S/C17H18O3.C17H18O2.C16H15FO2.C16H17NO2.C16H16O2.CH4/c1-13(20-16-6-4-3-5-7-16)17(18)12-14-8-10-15(19-2)11-9-14;1-13-8-10-15(11-9-13)12-17(18)14(2)19-16-6-4-3-5-7-16;1-12(19-14-8-3-2-4-9-14)16(18)11-13-7-5-6-10-15(13)17;1-12-7-9-13(10-8-12)11-15(18)16(17)19-14-5-3-2-4-6-14;1-13(18-15-10-6-3-7-11-15)16(17)12-14-8-4-2-5-9-14;/h3-11,13H,12H2,1-2H3;3-11,14H,12H2,1-2H3;2-10,12H,11H2,1H3;2-10,16H,11,17H2,1H3;2-11,13H,12H2,1H3;1H4. The van der Waals surface area contributed by atoms with Gasteiger partial charge in [-0.1, -0.05) is 219 Å². The number of carbonyl (C=O) groups excluding carboxylic acids is 5. The van der Waals surface area contributed by atoms with Crippen molar-refractivity contribution in [2.24, 2.45) is 5.73 Å². The van der Waals surface area contributed by atoms with Crippen LogP contribution in [0, 0.1) is 19.7 Å². The van der Waals surface area contributed by atoms with Crippen molar-refractivity contribution in [2.45, 2.75) is 112 Å². The van der Waals surface area contributed by atoms with Gasteiger partial charge in [-0.25, -0.2) is 4.39 Å². The van der Waals surface area contributed by atoms with Crippen molar-refractivity contribution in [3.63, 3.8) is 0 Å². The number of carbonyl (C=O) groups is 5. The van der Waals surface area contributed by atoms with E-state index >= 15 is 0 Å². The van der Waals surface area contributed by atoms with Gasteiger partial charge in [0.2, 0.25) is 6.23 Å². The molecule has 5 unspecified atom stereocenters. The number of Topliss-reactive ketones (excluding diaryl/α,β-unsaturated/α-hetero) is 5. The first kappa shape index (κ1) is 76.0. The van der Waals surface area contributed by atoms with Gasteiger partial charge in [-0.2, -0.15) is 0 Å². The second kappa shape index (κ2) is 41.7. The largest absolute Gasteiger partial charge is 0.497 e. The third kappa shape index (κ3) is 28.6. The van der Waals surface area contributed by atoms with Crippen LogP contribution in [0.3, 0.4) is 0 Å². The number of rotatable bonds is 26. The summed E-state index contributed by atoms with van der Waals surface area (Å²) in [4.78, 5) is 60.1. The van der Waals surface area contributed by atoms with E-state index in [2.05, 4.69) is 0 Å². The van der Waals surface area contributed by atoms with E-state index in [9.17, 15) is 28.4 Å². The zero-order valence-corrected chi connectivity index (χ0v) is 54.9. The van der Waals surface area contributed by atoms with E-state index in [1.807, 2.05) is 244 Å². The van der Waals surface area contributed by atoms with E-state index < -0.39 is 30.6 Å². The molecule has 0 aliphatic heterocycles. The Morgan fingerprint density at radius 3 is 0.875 bits per heavy atom. The molecular weight excluding hydrogens is 1210 g/mol.